The van der Waals surface area contributed by atoms with E-state index in [1.54, 1.807) is 0 Å². The first kappa shape index (κ1) is 12.5. The van der Waals surface area contributed by atoms with E-state index in [9.17, 15) is 4.79 Å². The van der Waals surface area contributed by atoms with Gasteiger partial charge in [-0.2, -0.15) is 0 Å². The Labute approximate surface area is 113 Å². The largest absolute Gasteiger partial charge is 0.490 e. The van der Waals surface area contributed by atoms with Gasteiger partial charge in [0.15, 0.2) is 5.78 Å². The Morgan fingerprint density at radius 1 is 1.53 bits per heavy atom. The molecule has 0 saturated carbocycles. The molecule has 19 heavy (non-hydrogen) atoms. The molecule has 0 aliphatic carbocycles. The SMILES string of the molecule is CCN1CCOc2ccc(C(=O)C3CCCN3)cc21. The molecule has 4 heteroatoms. The number of benzene rings is 1. The Balaban J connectivity index is 1.89. The van der Waals surface area contributed by atoms with Crippen LogP contribution >= 0.6 is 0 Å². The van der Waals surface area contributed by atoms with E-state index in [0.717, 1.165) is 56.1 Å². The number of ketones is 1. The molecule has 1 N–H and O–H groups in total. The first-order valence-corrected chi connectivity index (χ1v) is 7.09. The van der Waals surface area contributed by atoms with Gasteiger partial charge in [-0.1, -0.05) is 0 Å². The molecular weight excluding hydrogens is 240 g/mol. The van der Waals surface area contributed by atoms with Crippen molar-refractivity contribution in [3.63, 3.8) is 0 Å². The highest BCUT2D eigenvalue weighted by molar-refractivity contribution is 6.01. The average molecular weight is 260 g/mol. The first-order valence-electron chi connectivity index (χ1n) is 7.09. The van der Waals surface area contributed by atoms with Crippen LogP contribution in [0.4, 0.5) is 5.69 Å². The number of ether oxygens (including phenoxy) is 1. The van der Waals surface area contributed by atoms with Crippen LogP contribution in [-0.2, 0) is 0 Å². The van der Waals surface area contributed by atoms with Gasteiger partial charge >= 0.3 is 0 Å². The molecule has 1 fully saturated rings. The highest BCUT2D eigenvalue weighted by Gasteiger charge is 2.25. The molecule has 1 aromatic rings. The van der Waals surface area contributed by atoms with Crippen molar-refractivity contribution >= 4 is 11.5 Å². The maximum atomic E-state index is 12.4. The summed E-state index contributed by atoms with van der Waals surface area (Å²) < 4.78 is 5.65. The quantitative estimate of drug-likeness (QED) is 0.842. The summed E-state index contributed by atoms with van der Waals surface area (Å²) in [7, 11) is 0. The van der Waals surface area contributed by atoms with Gasteiger partial charge in [0.05, 0.1) is 18.3 Å². The Hall–Kier alpha value is -1.55. The monoisotopic (exact) mass is 260 g/mol. The van der Waals surface area contributed by atoms with E-state index in [-0.39, 0.29) is 11.8 Å². The minimum Gasteiger partial charge on any atom is -0.490 e. The number of nitrogens with zero attached hydrogens (tertiary/aromatic N) is 1. The van der Waals surface area contributed by atoms with Crippen molar-refractivity contribution in [1.82, 2.24) is 5.32 Å². The number of hydrogen-bond donors (Lipinski definition) is 1. The van der Waals surface area contributed by atoms with E-state index in [0.29, 0.717) is 0 Å². The van der Waals surface area contributed by atoms with Crippen LogP contribution in [0.1, 0.15) is 30.1 Å². The van der Waals surface area contributed by atoms with E-state index in [4.69, 9.17) is 4.74 Å². The summed E-state index contributed by atoms with van der Waals surface area (Å²) in [5, 5.41) is 3.27. The molecule has 2 aliphatic rings. The molecule has 0 radical (unpaired) electrons. The number of carbonyl (C=O) groups excluding carboxylic acids is 1. The molecular formula is C15H20N2O2. The zero-order valence-corrected chi connectivity index (χ0v) is 11.3. The first-order chi connectivity index (χ1) is 9.29. The summed E-state index contributed by atoms with van der Waals surface area (Å²) in [6, 6.07) is 5.80. The molecule has 0 bridgehead atoms. The number of fused-ring (bicyclic) bond motifs is 1. The summed E-state index contributed by atoms with van der Waals surface area (Å²) in [6.07, 6.45) is 2.04. The van der Waals surface area contributed by atoms with Gasteiger partial charge in [0.2, 0.25) is 0 Å². The lowest BCUT2D eigenvalue weighted by molar-refractivity contribution is 0.0952. The number of nitrogens with one attached hydrogen (secondary N) is 1. The Morgan fingerprint density at radius 3 is 3.16 bits per heavy atom. The van der Waals surface area contributed by atoms with Crippen molar-refractivity contribution in [3.05, 3.63) is 23.8 Å². The van der Waals surface area contributed by atoms with E-state index >= 15 is 0 Å². The fourth-order valence-corrected chi connectivity index (χ4v) is 2.86. The lowest BCUT2D eigenvalue weighted by Gasteiger charge is -2.30. The molecule has 1 unspecified atom stereocenters. The second-order valence-corrected chi connectivity index (χ2v) is 5.12. The van der Waals surface area contributed by atoms with Crippen molar-refractivity contribution in [3.8, 4) is 5.75 Å². The number of likely N-dealkylation sites (N-methyl/N-ethyl adjacent to an activating group) is 1. The van der Waals surface area contributed by atoms with Gasteiger partial charge in [-0.05, 0) is 44.5 Å². The summed E-state index contributed by atoms with van der Waals surface area (Å²) in [6.45, 7) is 5.63. The lowest BCUT2D eigenvalue weighted by atomic mass is 10.0. The Kier molecular flexibility index (Phi) is 3.42. The molecule has 1 aromatic carbocycles. The molecule has 3 rings (SSSR count). The maximum Gasteiger partial charge on any atom is 0.179 e. The topological polar surface area (TPSA) is 41.6 Å². The van der Waals surface area contributed by atoms with Crippen LogP contribution in [0.15, 0.2) is 18.2 Å². The van der Waals surface area contributed by atoms with Crippen LogP contribution in [-0.4, -0.2) is 38.1 Å². The van der Waals surface area contributed by atoms with Gasteiger partial charge in [0.1, 0.15) is 12.4 Å². The summed E-state index contributed by atoms with van der Waals surface area (Å²) >= 11 is 0. The normalized spacial score (nSPS) is 21.9. The third-order valence-corrected chi connectivity index (χ3v) is 3.96. The average Bonchev–Trinajstić information content (AvgIpc) is 2.99. The van der Waals surface area contributed by atoms with Crippen molar-refractivity contribution < 1.29 is 9.53 Å². The van der Waals surface area contributed by atoms with Gasteiger partial charge < -0.3 is 15.0 Å². The van der Waals surface area contributed by atoms with Crippen molar-refractivity contribution in [1.29, 1.82) is 0 Å². The molecule has 0 amide bonds. The molecule has 1 atom stereocenters. The standard InChI is InChI=1S/C15H20N2O2/c1-2-17-8-9-19-14-6-5-11(10-13(14)17)15(18)12-4-3-7-16-12/h5-6,10,12,16H,2-4,7-9H2,1H3. The smallest absolute Gasteiger partial charge is 0.179 e. The van der Waals surface area contributed by atoms with E-state index < -0.39 is 0 Å². The predicted octanol–water partition coefficient (Wildman–Crippen LogP) is 1.84. The van der Waals surface area contributed by atoms with Gasteiger partial charge in [-0.25, -0.2) is 0 Å². The maximum absolute atomic E-state index is 12.4. The summed E-state index contributed by atoms with van der Waals surface area (Å²) in [5.74, 6) is 1.10. The van der Waals surface area contributed by atoms with Crippen LogP contribution in [0, 0.1) is 0 Å². The number of rotatable bonds is 3. The van der Waals surface area contributed by atoms with Gasteiger partial charge in [0, 0.05) is 12.1 Å². The predicted molar refractivity (Wildman–Crippen MR) is 75.2 cm³/mol. The highest BCUT2D eigenvalue weighted by Crippen LogP contribution is 2.32. The molecule has 2 aliphatic heterocycles. The fraction of sp³-hybridized carbons (Fsp3) is 0.533. The summed E-state index contributed by atoms with van der Waals surface area (Å²) in [4.78, 5) is 14.7. The van der Waals surface area contributed by atoms with E-state index in [2.05, 4.69) is 17.1 Å². The molecule has 1 saturated heterocycles. The van der Waals surface area contributed by atoms with Crippen molar-refractivity contribution in [2.75, 3.05) is 31.1 Å². The second kappa shape index (κ2) is 5.21. The number of anilines is 1. The van der Waals surface area contributed by atoms with Crippen LogP contribution < -0.4 is 15.0 Å². The van der Waals surface area contributed by atoms with Gasteiger partial charge in [-0.15, -0.1) is 0 Å². The minimum atomic E-state index is -0.00219. The lowest BCUT2D eigenvalue weighted by Crippen LogP contribution is -2.33. The van der Waals surface area contributed by atoms with Crippen LogP contribution in [0.25, 0.3) is 0 Å². The van der Waals surface area contributed by atoms with Crippen molar-refractivity contribution in [2.24, 2.45) is 0 Å². The summed E-state index contributed by atoms with van der Waals surface area (Å²) in [5.41, 5.74) is 1.85. The zero-order chi connectivity index (χ0) is 13.2. The third kappa shape index (κ3) is 2.32. The fourth-order valence-electron chi connectivity index (χ4n) is 2.86. The molecule has 2 heterocycles. The molecule has 102 valence electrons. The Bertz CT molecular complexity index is 481. The van der Waals surface area contributed by atoms with Gasteiger partial charge in [0.25, 0.3) is 0 Å². The minimum absolute atomic E-state index is 0.00219. The third-order valence-electron chi connectivity index (χ3n) is 3.96. The van der Waals surface area contributed by atoms with Crippen LogP contribution in [0.2, 0.25) is 0 Å². The van der Waals surface area contributed by atoms with Crippen molar-refractivity contribution in [2.45, 2.75) is 25.8 Å². The highest BCUT2D eigenvalue weighted by atomic mass is 16.5. The van der Waals surface area contributed by atoms with E-state index in [1.807, 2.05) is 18.2 Å². The molecule has 4 nitrogen and oxygen atoms in total. The van der Waals surface area contributed by atoms with E-state index in [1.165, 1.54) is 0 Å². The number of hydrogen-bond acceptors (Lipinski definition) is 4. The number of Topliss-reactive ketones (excluding diaryl/α,β-unsaturated/α-hetero) is 1. The molecule has 0 aromatic heterocycles. The Morgan fingerprint density at radius 2 is 2.42 bits per heavy atom. The van der Waals surface area contributed by atoms with Crippen LogP contribution in [0.3, 0.4) is 0 Å². The van der Waals surface area contributed by atoms with Gasteiger partial charge in [-0.3, -0.25) is 4.79 Å². The zero-order valence-electron chi connectivity index (χ0n) is 11.3. The number of carbonyl (C=O) groups is 1. The second-order valence-electron chi connectivity index (χ2n) is 5.12. The molecule has 0 spiro atoms. The van der Waals surface area contributed by atoms with Crippen LogP contribution in [0.5, 0.6) is 5.75 Å².